The first-order valence-corrected chi connectivity index (χ1v) is 27.1. The molecule has 360 valence electrons. The van der Waals surface area contributed by atoms with Crippen LogP contribution in [0.1, 0.15) is 44.5 Å². The first-order valence-electron chi connectivity index (χ1n) is 25.7. The van der Waals surface area contributed by atoms with Crippen LogP contribution in [0.3, 0.4) is 0 Å². The molecule has 13 rings (SSSR count). The van der Waals surface area contributed by atoms with Crippen LogP contribution in [0.4, 0.5) is 85.3 Å². The van der Waals surface area contributed by atoms with Crippen molar-refractivity contribution in [2.24, 2.45) is 0 Å². The second-order valence-corrected chi connectivity index (χ2v) is 22.7. The number of hydrogen-bond donors (Lipinski definition) is 0. The Hall–Kier alpha value is -8.37. The van der Waals surface area contributed by atoms with Gasteiger partial charge in [0.25, 0.3) is 0 Å². The van der Waals surface area contributed by atoms with E-state index in [2.05, 4.69) is 286 Å². The molecule has 0 radical (unpaired) electrons. The van der Waals surface area contributed by atoms with E-state index in [0.717, 1.165) is 51.2 Å². The smallest absolute Gasteiger partial charge is 0.0587 e. The van der Waals surface area contributed by atoms with Crippen molar-refractivity contribution in [3.8, 4) is 0 Å². The topological polar surface area (TPSA) is 16.2 Å². The molecule has 0 spiro atoms. The van der Waals surface area contributed by atoms with E-state index in [-0.39, 0.29) is 0 Å². The largest absolute Gasteiger partial charge is 0.310 e. The van der Waals surface area contributed by atoms with Crippen LogP contribution in [0.15, 0.2) is 206 Å². The summed E-state index contributed by atoms with van der Waals surface area (Å²) in [6.07, 6.45) is 0. The Morgan fingerprint density at radius 1 is 0.230 bits per heavy atom. The minimum atomic E-state index is -1.15. The Bertz CT molecular complexity index is 3470. The number of nitrogens with zero attached hydrogens (tertiary/aromatic N) is 5. The quantitative estimate of drug-likeness (QED) is 0.134. The predicted octanol–water partition coefficient (Wildman–Crippen LogP) is 18.2. The van der Waals surface area contributed by atoms with E-state index in [4.69, 9.17) is 0 Å². The lowest BCUT2D eigenvalue weighted by atomic mass is 10.0. The molecule has 0 saturated heterocycles. The second kappa shape index (κ2) is 17.7. The molecule has 10 aromatic carbocycles. The van der Waals surface area contributed by atoms with Crippen molar-refractivity contribution in [1.82, 2.24) is 0 Å². The summed E-state index contributed by atoms with van der Waals surface area (Å²) in [4.78, 5) is 12.7. The molecule has 0 atom stereocenters. The summed E-state index contributed by atoms with van der Waals surface area (Å²) in [6, 6.07) is 78.3. The zero-order chi connectivity index (χ0) is 50.5. The highest BCUT2D eigenvalue weighted by Gasteiger charge is 2.48. The summed E-state index contributed by atoms with van der Waals surface area (Å²) in [5.74, 6) is 0. The number of anilines is 15. The van der Waals surface area contributed by atoms with Gasteiger partial charge in [0.1, 0.15) is 0 Å². The molecule has 0 unspecified atom stereocenters. The lowest BCUT2D eigenvalue weighted by molar-refractivity contribution is 1.19. The molecule has 0 N–H and O–H groups in total. The summed E-state index contributed by atoms with van der Waals surface area (Å²) in [5.41, 5.74) is 27.0. The van der Waals surface area contributed by atoms with Crippen LogP contribution < -0.4 is 40.4 Å². The normalized spacial score (nSPS) is 13.0. The van der Waals surface area contributed by atoms with E-state index in [0.29, 0.717) is 0 Å². The fourth-order valence-corrected chi connectivity index (χ4v) is 14.2. The van der Waals surface area contributed by atoms with Crippen molar-refractivity contribution in [3.63, 3.8) is 0 Å². The molecular formula is C68H58N5P. The third kappa shape index (κ3) is 7.57. The lowest BCUT2D eigenvalue weighted by Crippen LogP contribution is -2.46. The SMILES string of the molecule is Cc1ccc(N(c2ccc(C)cc2)c2cc3c4c(c2)N(c2ccc(C)cc2)c2cc(N(c5ccc(C)cc5)c5ccc(C)cc5)cc5c2P4c2c(cc(C)cc2N5c2ccc(C)cc2)N3c2ccc(C)cc2)cc1. The van der Waals surface area contributed by atoms with Gasteiger partial charge in [0, 0.05) is 63.6 Å². The third-order valence-electron chi connectivity index (χ3n) is 15.0. The van der Waals surface area contributed by atoms with Crippen LogP contribution in [-0.4, -0.2) is 0 Å². The highest BCUT2D eigenvalue weighted by atomic mass is 31.1. The summed E-state index contributed by atoms with van der Waals surface area (Å²) >= 11 is 0. The third-order valence-corrected chi connectivity index (χ3v) is 17.7. The van der Waals surface area contributed by atoms with E-state index in [1.807, 2.05) is 0 Å². The Morgan fingerprint density at radius 3 is 0.662 bits per heavy atom. The van der Waals surface area contributed by atoms with Crippen molar-refractivity contribution in [2.45, 2.75) is 55.4 Å². The molecule has 0 saturated carbocycles. The van der Waals surface area contributed by atoms with E-state index in [1.165, 1.54) is 94.5 Å². The number of aryl methyl sites for hydroxylation is 8. The molecule has 0 amide bonds. The molecule has 3 aliphatic heterocycles. The van der Waals surface area contributed by atoms with Gasteiger partial charge in [-0.3, -0.25) is 0 Å². The lowest BCUT2D eigenvalue weighted by Gasteiger charge is -2.51. The molecule has 6 heteroatoms. The molecule has 3 heterocycles. The Balaban J connectivity index is 1.19. The molecule has 0 aliphatic carbocycles. The van der Waals surface area contributed by atoms with Gasteiger partial charge in [-0.25, -0.2) is 0 Å². The molecule has 0 bridgehead atoms. The van der Waals surface area contributed by atoms with E-state index < -0.39 is 7.92 Å². The molecule has 5 nitrogen and oxygen atoms in total. The predicted molar refractivity (Wildman–Crippen MR) is 317 cm³/mol. The van der Waals surface area contributed by atoms with Gasteiger partial charge < -0.3 is 24.5 Å². The highest BCUT2D eigenvalue weighted by Crippen LogP contribution is 2.64. The maximum Gasteiger partial charge on any atom is 0.0587 e. The number of hydrogen-bond acceptors (Lipinski definition) is 5. The van der Waals surface area contributed by atoms with Crippen LogP contribution >= 0.6 is 7.92 Å². The fraction of sp³-hybridized carbons (Fsp3) is 0.118. The van der Waals surface area contributed by atoms with Gasteiger partial charge in [-0.1, -0.05) is 124 Å². The van der Waals surface area contributed by atoms with Gasteiger partial charge in [0.2, 0.25) is 0 Å². The number of benzene rings is 10. The maximum atomic E-state index is 2.60. The summed E-state index contributed by atoms with van der Waals surface area (Å²) in [6.45, 7) is 17.5. The van der Waals surface area contributed by atoms with Gasteiger partial charge >= 0.3 is 0 Å². The molecule has 0 fully saturated rings. The molecule has 10 aromatic rings. The minimum absolute atomic E-state index is 1.09. The van der Waals surface area contributed by atoms with Crippen molar-refractivity contribution < 1.29 is 0 Å². The van der Waals surface area contributed by atoms with Crippen molar-refractivity contribution in [3.05, 3.63) is 251 Å². The maximum absolute atomic E-state index is 2.60. The van der Waals surface area contributed by atoms with Crippen LogP contribution in [0.25, 0.3) is 0 Å². The van der Waals surface area contributed by atoms with Crippen LogP contribution in [0.5, 0.6) is 0 Å². The first kappa shape index (κ1) is 45.5. The van der Waals surface area contributed by atoms with E-state index in [1.54, 1.807) is 0 Å². The molecular weight excluding hydrogens is 918 g/mol. The van der Waals surface area contributed by atoms with Crippen molar-refractivity contribution in [2.75, 3.05) is 24.5 Å². The summed E-state index contributed by atoms with van der Waals surface area (Å²) in [5, 5.41) is 4.09. The van der Waals surface area contributed by atoms with Crippen molar-refractivity contribution in [1.29, 1.82) is 0 Å². The summed E-state index contributed by atoms with van der Waals surface area (Å²) < 4.78 is 0. The van der Waals surface area contributed by atoms with Gasteiger partial charge in [0.05, 0.1) is 45.5 Å². The Morgan fingerprint density at radius 2 is 0.432 bits per heavy atom. The van der Waals surface area contributed by atoms with Crippen LogP contribution in [0.2, 0.25) is 0 Å². The molecule has 3 aliphatic rings. The monoisotopic (exact) mass is 975 g/mol. The Kier molecular flexibility index (Phi) is 10.9. The van der Waals surface area contributed by atoms with Crippen LogP contribution in [-0.2, 0) is 0 Å². The van der Waals surface area contributed by atoms with E-state index >= 15 is 0 Å². The molecule has 74 heavy (non-hydrogen) atoms. The Labute approximate surface area is 437 Å². The summed E-state index contributed by atoms with van der Waals surface area (Å²) in [7, 11) is -1.15. The zero-order valence-electron chi connectivity index (χ0n) is 43.3. The average molecular weight is 976 g/mol. The van der Waals surface area contributed by atoms with Gasteiger partial charge in [-0.2, -0.15) is 0 Å². The highest BCUT2D eigenvalue weighted by molar-refractivity contribution is 7.82. The van der Waals surface area contributed by atoms with Crippen LogP contribution in [0, 0.1) is 55.4 Å². The second-order valence-electron chi connectivity index (χ2n) is 20.7. The first-order chi connectivity index (χ1) is 35.9. The fourth-order valence-electron chi connectivity index (χ4n) is 11.2. The van der Waals surface area contributed by atoms with E-state index in [9.17, 15) is 0 Å². The minimum Gasteiger partial charge on any atom is -0.310 e. The average Bonchev–Trinajstić information content (AvgIpc) is 3.41. The zero-order valence-corrected chi connectivity index (χ0v) is 44.2. The number of rotatable bonds is 9. The van der Waals surface area contributed by atoms with Crippen molar-refractivity contribution >= 4 is 109 Å². The van der Waals surface area contributed by atoms with Gasteiger partial charge in [-0.05, 0) is 182 Å². The standard InChI is InChI=1S/C68H58N5P/c1-43-9-23-51(24-10-43)69(52-25-11-44(2)12-26-52)58-39-62-67-64(41-58)73(57-35-21-49(7)22-36-57)65-42-59(70(53-27-13-45(3)14-28-53)54-29-15-46(4)16-30-54)40-63-68(65)74(67)66-60(71(62)55-31-17-47(5)18-32-55)37-50(8)38-61(66)72(63)56-33-19-48(6)20-34-56/h9-42H,1-8H3. The van der Waals surface area contributed by atoms with Gasteiger partial charge in [0.15, 0.2) is 0 Å². The van der Waals surface area contributed by atoms with Gasteiger partial charge in [-0.15, -0.1) is 0 Å². The molecule has 0 aromatic heterocycles.